The van der Waals surface area contributed by atoms with Crippen molar-refractivity contribution in [1.29, 1.82) is 0 Å². The van der Waals surface area contributed by atoms with Crippen molar-refractivity contribution in [2.45, 2.75) is 25.3 Å². The average Bonchev–Trinajstić information content (AvgIpc) is 3.56. The van der Waals surface area contributed by atoms with Gasteiger partial charge in [-0.25, -0.2) is 4.39 Å². The summed E-state index contributed by atoms with van der Waals surface area (Å²) in [5.74, 6) is -0.186. The fourth-order valence-corrected chi connectivity index (χ4v) is 5.13. The summed E-state index contributed by atoms with van der Waals surface area (Å²) in [5.41, 5.74) is 4.75. The van der Waals surface area contributed by atoms with Gasteiger partial charge >= 0.3 is 0 Å². The minimum absolute atomic E-state index is 0.186. The average molecular weight is 477 g/mol. The van der Waals surface area contributed by atoms with E-state index in [1.165, 1.54) is 16.5 Å². The Labute approximate surface area is 205 Å². The fraction of sp³-hybridized carbons (Fsp3) is 0.407. The van der Waals surface area contributed by atoms with Crippen LogP contribution in [-0.2, 0) is 11.2 Å². The molecule has 0 aliphatic carbocycles. The molecule has 5 rings (SSSR count). The maximum Gasteiger partial charge on any atom is 0.123 e. The molecule has 0 radical (unpaired) electrons. The molecule has 1 aliphatic rings. The molecule has 2 aromatic heterocycles. The summed E-state index contributed by atoms with van der Waals surface area (Å²) in [5, 5.41) is 9.10. The highest BCUT2D eigenvalue weighted by molar-refractivity contribution is 5.85. The van der Waals surface area contributed by atoms with Gasteiger partial charge in [-0.3, -0.25) is 9.47 Å². The van der Waals surface area contributed by atoms with Gasteiger partial charge in [0.25, 0.3) is 0 Å². The molecule has 1 fully saturated rings. The van der Waals surface area contributed by atoms with Gasteiger partial charge in [-0.05, 0) is 67.3 Å². The van der Waals surface area contributed by atoms with E-state index in [2.05, 4.69) is 49.4 Å². The largest absolute Gasteiger partial charge is 0.385 e. The van der Waals surface area contributed by atoms with Crippen LogP contribution in [0.2, 0.25) is 0 Å². The first-order chi connectivity index (χ1) is 17.2. The third-order valence-electron chi connectivity index (χ3n) is 7.09. The van der Waals surface area contributed by atoms with Gasteiger partial charge in [0.2, 0.25) is 0 Å². The van der Waals surface area contributed by atoms with Gasteiger partial charge in [0.1, 0.15) is 18.5 Å². The number of ether oxygens (including phenoxy) is 1. The Bertz CT molecular complexity index is 1200. The summed E-state index contributed by atoms with van der Waals surface area (Å²) in [7, 11) is 1.74. The van der Waals surface area contributed by atoms with Gasteiger partial charge in [0, 0.05) is 68.7 Å². The van der Waals surface area contributed by atoms with Crippen LogP contribution in [-0.4, -0.2) is 76.0 Å². The molecule has 1 saturated heterocycles. The van der Waals surface area contributed by atoms with Crippen LogP contribution >= 0.6 is 0 Å². The molecule has 1 N–H and O–H groups in total. The lowest BCUT2D eigenvalue weighted by Crippen LogP contribution is -2.48. The van der Waals surface area contributed by atoms with Crippen LogP contribution in [0.15, 0.2) is 61.3 Å². The molecule has 3 heterocycles. The van der Waals surface area contributed by atoms with Gasteiger partial charge in [-0.2, -0.15) is 0 Å². The normalized spacial score (nSPS) is 16.2. The van der Waals surface area contributed by atoms with Crippen LogP contribution in [0.5, 0.6) is 0 Å². The molecule has 7 nitrogen and oxygen atoms in total. The predicted molar refractivity (Wildman–Crippen MR) is 135 cm³/mol. The van der Waals surface area contributed by atoms with Gasteiger partial charge < -0.3 is 14.6 Å². The first kappa shape index (κ1) is 23.7. The van der Waals surface area contributed by atoms with Gasteiger partial charge in [0.05, 0.1) is 0 Å². The second-order valence-corrected chi connectivity index (χ2v) is 9.24. The Balaban J connectivity index is 1.15. The topological polar surface area (TPSA) is 62.2 Å². The molecule has 35 heavy (non-hydrogen) atoms. The number of piperazine rings is 1. The molecule has 0 spiro atoms. The van der Waals surface area contributed by atoms with Crippen molar-refractivity contribution in [3.8, 4) is 5.69 Å². The van der Waals surface area contributed by atoms with E-state index in [4.69, 9.17) is 4.74 Å². The molecule has 2 aromatic carbocycles. The number of aromatic amines is 1. The molecule has 1 atom stereocenters. The molecule has 0 amide bonds. The van der Waals surface area contributed by atoms with Crippen LogP contribution in [0.4, 0.5) is 4.39 Å². The van der Waals surface area contributed by atoms with E-state index >= 15 is 0 Å². The third kappa shape index (κ3) is 5.61. The number of benzene rings is 2. The monoisotopic (exact) mass is 476 g/mol. The zero-order valence-electron chi connectivity index (χ0n) is 20.2. The molecule has 1 unspecified atom stereocenters. The zero-order chi connectivity index (χ0) is 24.0. The number of H-pyrrole nitrogens is 1. The number of fused-ring (bicyclic) bond motifs is 1. The van der Waals surface area contributed by atoms with Crippen molar-refractivity contribution in [2.75, 3.05) is 46.4 Å². The van der Waals surface area contributed by atoms with Crippen molar-refractivity contribution in [3.63, 3.8) is 0 Å². The second-order valence-electron chi connectivity index (χ2n) is 9.24. The van der Waals surface area contributed by atoms with E-state index in [1.54, 1.807) is 31.9 Å². The SMILES string of the molecule is COCCC(c1ccc(F)cc1)N1CCN(CCCc2c[nH]c3ccc(-n4cnnc4)cc23)CC1. The smallest absolute Gasteiger partial charge is 0.123 e. The van der Waals surface area contributed by atoms with Crippen molar-refractivity contribution < 1.29 is 9.13 Å². The maximum absolute atomic E-state index is 13.4. The summed E-state index contributed by atoms with van der Waals surface area (Å²) in [6.07, 6.45) is 8.67. The van der Waals surface area contributed by atoms with Crippen molar-refractivity contribution >= 4 is 10.9 Å². The van der Waals surface area contributed by atoms with E-state index in [0.29, 0.717) is 6.61 Å². The number of halogens is 1. The van der Waals surface area contributed by atoms with Crippen LogP contribution in [0, 0.1) is 5.82 Å². The summed E-state index contributed by atoms with van der Waals surface area (Å²) in [6, 6.07) is 13.6. The van der Waals surface area contributed by atoms with Crippen molar-refractivity contribution in [1.82, 2.24) is 29.5 Å². The van der Waals surface area contributed by atoms with E-state index in [9.17, 15) is 4.39 Å². The zero-order valence-corrected chi connectivity index (χ0v) is 20.2. The number of aryl methyl sites for hydroxylation is 1. The minimum Gasteiger partial charge on any atom is -0.385 e. The minimum atomic E-state index is -0.186. The Morgan fingerprint density at radius 3 is 2.54 bits per heavy atom. The highest BCUT2D eigenvalue weighted by Gasteiger charge is 2.25. The first-order valence-corrected chi connectivity index (χ1v) is 12.4. The number of nitrogens with zero attached hydrogens (tertiary/aromatic N) is 5. The number of nitrogens with one attached hydrogen (secondary N) is 1. The number of hydrogen-bond donors (Lipinski definition) is 1. The van der Waals surface area contributed by atoms with E-state index in [1.807, 2.05) is 16.7 Å². The van der Waals surface area contributed by atoms with Crippen LogP contribution < -0.4 is 0 Å². The van der Waals surface area contributed by atoms with Crippen molar-refractivity contribution in [2.24, 2.45) is 0 Å². The van der Waals surface area contributed by atoms with E-state index < -0.39 is 0 Å². The van der Waals surface area contributed by atoms with Crippen LogP contribution in [0.3, 0.4) is 0 Å². The summed E-state index contributed by atoms with van der Waals surface area (Å²) >= 11 is 0. The quantitative estimate of drug-likeness (QED) is 0.371. The lowest BCUT2D eigenvalue weighted by Gasteiger charge is -2.39. The summed E-state index contributed by atoms with van der Waals surface area (Å²) < 4.78 is 20.7. The fourth-order valence-electron chi connectivity index (χ4n) is 5.13. The van der Waals surface area contributed by atoms with Gasteiger partial charge in [0.15, 0.2) is 0 Å². The molecular weight excluding hydrogens is 443 g/mol. The molecule has 0 saturated carbocycles. The van der Waals surface area contributed by atoms with E-state index in [-0.39, 0.29) is 11.9 Å². The highest BCUT2D eigenvalue weighted by atomic mass is 19.1. The van der Waals surface area contributed by atoms with Crippen LogP contribution in [0.1, 0.15) is 30.0 Å². The van der Waals surface area contributed by atoms with Crippen molar-refractivity contribution in [3.05, 3.63) is 78.3 Å². The Kier molecular flexibility index (Phi) is 7.51. The third-order valence-corrected chi connectivity index (χ3v) is 7.09. The van der Waals surface area contributed by atoms with Crippen LogP contribution in [0.25, 0.3) is 16.6 Å². The van der Waals surface area contributed by atoms with Gasteiger partial charge in [-0.1, -0.05) is 12.1 Å². The lowest BCUT2D eigenvalue weighted by atomic mass is 10.0. The Morgan fingerprint density at radius 1 is 1.03 bits per heavy atom. The summed E-state index contributed by atoms with van der Waals surface area (Å²) in [4.78, 5) is 8.49. The number of hydrogen-bond acceptors (Lipinski definition) is 5. The number of rotatable bonds is 10. The lowest BCUT2D eigenvalue weighted by molar-refractivity contribution is 0.0750. The Hall–Kier alpha value is -3.07. The first-order valence-electron chi connectivity index (χ1n) is 12.4. The summed E-state index contributed by atoms with van der Waals surface area (Å²) in [6.45, 7) is 5.92. The molecule has 8 heteroatoms. The molecule has 0 bridgehead atoms. The predicted octanol–water partition coefficient (Wildman–Crippen LogP) is 4.22. The highest BCUT2D eigenvalue weighted by Crippen LogP contribution is 2.27. The maximum atomic E-state index is 13.4. The van der Waals surface area contributed by atoms with E-state index in [0.717, 1.165) is 63.2 Å². The van der Waals surface area contributed by atoms with Gasteiger partial charge in [-0.15, -0.1) is 10.2 Å². The standard InChI is InChI=1S/C27H33FN6O/c1-35-16-10-27(21-4-6-23(28)7-5-21)33-14-12-32(13-15-33)11-2-3-22-18-29-26-9-8-24(17-25(22)26)34-19-30-31-20-34/h4-9,17-20,27,29H,2-3,10-16H2,1H3. The molecule has 4 aromatic rings. The molecule has 1 aliphatic heterocycles. The number of methoxy groups -OCH3 is 1. The molecule has 184 valence electrons. The Morgan fingerprint density at radius 2 is 1.80 bits per heavy atom. The number of aromatic nitrogens is 4. The second kappa shape index (κ2) is 11.1. The molecular formula is C27H33FN6O.